The third kappa shape index (κ3) is 3.95. The Morgan fingerprint density at radius 1 is 1.33 bits per heavy atom. The number of hydrogen-bond donors (Lipinski definition) is 1. The van der Waals surface area contributed by atoms with Crippen molar-refractivity contribution in [2.45, 2.75) is 6.54 Å². The molecule has 1 N–H and O–H groups in total. The number of rotatable bonds is 5. The summed E-state index contributed by atoms with van der Waals surface area (Å²) in [6.45, 7) is 0.473. The van der Waals surface area contributed by atoms with Gasteiger partial charge in [-0.2, -0.15) is 8.75 Å². The molecule has 0 saturated carbocycles. The van der Waals surface area contributed by atoms with Gasteiger partial charge in [0.25, 0.3) is 0 Å². The lowest BCUT2D eigenvalue weighted by Crippen LogP contribution is -2.30. The summed E-state index contributed by atoms with van der Waals surface area (Å²) in [5.41, 5.74) is 2.60. The maximum Gasteiger partial charge on any atom is 0.238 e. The average molecular weight is 409 g/mol. The molecule has 0 saturated heterocycles. The molecule has 0 aliphatic rings. The summed E-state index contributed by atoms with van der Waals surface area (Å²) in [6, 6.07) is 10.2. The van der Waals surface area contributed by atoms with E-state index in [0.717, 1.165) is 21.7 Å². The molecule has 5 nitrogen and oxygen atoms in total. The Kier molecular flexibility index (Phi) is 5.17. The predicted octanol–water partition coefficient (Wildman–Crippen LogP) is 3.66. The van der Waals surface area contributed by atoms with E-state index >= 15 is 0 Å². The van der Waals surface area contributed by atoms with Gasteiger partial charge >= 0.3 is 0 Å². The minimum atomic E-state index is -0.288. The van der Waals surface area contributed by atoms with Gasteiger partial charge in [-0.1, -0.05) is 22.0 Å². The van der Waals surface area contributed by atoms with Crippen LogP contribution in [0.2, 0.25) is 0 Å². The molecule has 24 heavy (non-hydrogen) atoms. The van der Waals surface area contributed by atoms with Gasteiger partial charge in [0.15, 0.2) is 0 Å². The SMILES string of the molecule is CN(CC(=O)Nc1cccc2nsnc12)Cc1cc(Br)ccc1F. The highest BCUT2D eigenvalue weighted by Crippen LogP contribution is 2.21. The molecule has 0 aliphatic heterocycles. The molecule has 0 fully saturated rings. The summed E-state index contributed by atoms with van der Waals surface area (Å²) >= 11 is 4.43. The molecule has 1 aromatic heterocycles. The lowest BCUT2D eigenvalue weighted by molar-refractivity contribution is -0.117. The topological polar surface area (TPSA) is 58.1 Å². The highest BCUT2D eigenvalue weighted by atomic mass is 79.9. The quantitative estimate of drug-likeness (QED) is 0.699. The van der Waals surface area contributed by atoms with Crippen molar-refractivity contribution in [3.05, 3.63) is 52.3 Å². The van der Waals surface area contributed by atoms with Crippen molar-refractivity contribution in [3.8, 4) is 0 Å². The number of nitrogens with zero attached hydrogens (tertiary/aromatic N) is 3. The number of halogens is 2. The van der Waals surface area contributed by atoms with Crippen molar-refractivity contribution >= 4 is 50.3 Å². The second-order valence-electron chi connectivity index (χ2n) is 5.39. The van der Waals surface area contributed by atoms with Gasteiger partial charge < -0.3 is 5.32 Å². The summed E-state index contributed by atoms with van der Waals surface area (Å²) in [7, 11) is 1.77. The number of anilines is 1. The van der Waals surface area contributed by atoms with E-state index in [1.54, 1.807) is 30.1 Å². The first-order chi connectivity index (χ1) is 11.5. The van der Waals surface area contributed by atoms with Crippen LogP contribution in [-0.2, 0) is 11.3 Å². The zero-order valence-electron chi connectivity index (χ0n) is 12.8. The first kappa shape index (κ1) is 16.9. The van der Waals surface area contributed by atoms with Crippen LogP contribution in [0, 0.1) is 5.82 Å². The van der Waals surface area contributed by atoms with Crippen LogP contribution in [0.3, 0.4) is 0 Å². The average Bonchev–Trinajstić information content (AvgIpc) is 3.00. The van der Waals surface area contributed by atoms with Crippen LogP contribution in [0.25, 0.3) is 11.0 Å². The number of likely N-dealkylation sites (N-methyl/N-ethyl adjacent to an activating group) is 1. The van der Waals surface area contributed by atoms with Gasteiger partial charge in [0.1, 0.15) is 16.9 Å². The number of nitrogens with one attached hydrogen (secondary N) is 1. The Morgan fingerprint density at radius 2 is 2.17 bits per heavy atom. The smallest absolute Gasteiger partial charge is 0.238 e. The summed E-state index contributed by atoms with van der Waals surface area (Å²) in [6.07, 6.45) is 0. The van der Waals surface area contributed by atoms with Gasteiger partial charge in [0.2, 0.25) is 5.91 Å². The number of amides is 1. The van der Waals surface area contributed by atoms with Gasteiger partial charge in [-0.25, -0.2) is 4.39 Å². The van der Waals surface area contributed by atoms with Crippen molar-refractivity contribution in [2.24, 2.45) is 0 Å². The molecule has 1 amide bonds. The molecule has 0 spiro atoms. The van der Waals surface area contributed by atoms with Crippen LogP contribution < -0.4 is 5.32 Å². The molecular formula is C16H14BrFN4OS. The highest BCUT2D eigenvalue weighted by Gasteiger charge is 2.12. The predicted molar refractivity (Wildman–Crippen MR) is 96.5 cm³/mol. The monoisotopic (exact) mass is 408 g/mol. The Labute approximate surface area is 150 Å². The first-order valence-corrected chi connectivity index (χ1v) is 8.69. The van der Waals surface area contributed by atoms with Gasteiger partial charge in [-0.05, 0) is 37.4 Å². The summed E-state index contributed by atoms with van der Waals surface area (Å²) < 4.78 is 22.9. The highest BCUT2D eigenvalue weighted by molar-refractivity contribution is 9.10. The number of benzene rings is 2. The van der Waals surface area contributed by atoms with Crippen LogP contribution in [0.1, 0.15) is 5.56 Å². The van der Waals surface area contributed by atoms with E-state index < -0.39 is 0 Å². The lowest BCUT2D eigenvalue weighted by Gasteiger charge is -2.17. The fraction of sp³-hybridized carbons (Fsp3) is 0.188. The van der Waals surface area contributed by atoms with Gasteiger partial charge in [0, 0.05) is 16.6 Å². The molecule has 0 atom stereocenters. The maximum absolute atomic E-state index is 13.8. The van der Waals surface area contributed by atoms with Crippen molar-refractivity contribution in [1.82, 2.24) is 13.6 Å². The second-order valence-corrected chi connectivity index (χ2v) is 6.84. The van der Waals surface area contributed by atoms with Gasteiger partial charge in [0.05, 0.1) is 24.0 Å². The normalized spacial score (nSPS) is 11.2. The number of hydrogen-bond acceptors (Lipinski definition) is 5. The Hall–Kier alpha value is -1.90. The van der Waals surface area contributed by atoms with Crippen LogP contribution in [-0.4, -0.2) is 33.1 Å². The van der Waals surface area contributed by atoms with E-state index in [4.69, 9.17) is 0 Å². The Morgan fingerprint density at radius 3 is 3.00 bits per heavy atom. The Balaban J connectivity index is 1.64. The molecule has 0 bridgehead atoms. The molecule has 0 aliphatic carbocycles. The molecule has 2 aromatic carbocycles. The maximum atomic E-state index is 13.8. The minimum Gasteiger partial charge on any atom is -0.323 e. The molecular weight excluding hydrogens is 395 g/mol. The Bertz CT molecular complexity index is 885. The molecule has 1 heterocycles. The molecule has 0 unspecified atom stereocenters. The van der Waals surface area contributed by atoms with E-state index in [1.165, 1.54) is 6.07 Å². The number of fused-ring (bicyclic) bond motifs is 1. The van der Waals surface area contributed by atoms with Crippen LogP contribution in [0.5, 0.6) is 0 Å². The van der Waals surface area contributed by atoms with Crippen LogP contribution in [0.15, 0.2) is 40.9 Å². The van der Waals surface area contributed by atoms with Crippen molar-refractivity contribution < 1.29 is 9.18 Å². The van der Waals surface area contributed by atoms with Crippen LogP contribution >= 0.6 is 27.7 Å². The van der Waals surface area contributed by atoms with E-state index in [1.807, 2.05) is 12.1 Å². The molecule has 0 radical (unpaired) electrons. The van der Waals surface area contributed by atoms with Crippen molar-refractivity contribution in [2.75, 3.05) is 18.9 Å². The lowest BCUT2D eigenvalue weighted by atomic mass is 10.2. The van der Waals surface area contributed by atoms with Gasteiger partial charge in [-0.15, -0.1) is 0 Å². The zero-order valence-corrected chi connectivity index (χ0v) is 15.2. The fourth-order valence-corrected chi connectivity index (χ4v) is 3.31. The van der Waals surface area contributed by atoms with E-state index in [2.05, 4.69) is 30.0 Å². The minimum absolute atomic E-state index is 0.139. The fourth-order valence-electron chi connectivity index (χ4n) is 2.35. The van der Waals surface area contributed by atoms with Crippen molar-refractivity contribution in [3.63, 3.8) is 0 Å². The molecule has 124 valence electrons. The zero-order chi connectivity index (χ0) is 17.1. The first-order valence-electron chi connectivity index (χ1n) is 7.16. The standard InChI is InChI=1S/C16H14BrFN4OS/c1-22(8-10-7-11(17)5-6-12(10)18)9-15(23)19-13-3-2-4-14-16(13)21-24-20-14/h2-7H,8-9H2,1H3,(H,19,23). The summed E-state index contributed by atoms with van der Waals surface area (Å²) in [4.78, 5) is 14.0. The number of carbonyl (C=O) groups excluding carboxylic acids is 1. The molecule has 3 rings (SSSR count). The third-order valence-electron chi connectivity index (χ3n) is 3.42. The van der Waals surface area contributed by atoms with Gasteiger partial charge in [-0.3, -0.25) is 9.69 Å². The van der Waals surface area contributed by atoms with Crippen molar-refractivity contribution in [1.29, 1.82) is 0 Å². The summed E-state index contributed by atoms with van der Waals surface area (Å²) in [5.74, 6) is -0.475. The van der Waals surface area contributed by atoms with E-state index in [9.17, 15) is 9.18 Å². The second kappa shape index (κ2) is 7.33. The number of aromatic nitrogens is 2. The largest absolute Gasteiger partial charge is 0.323 e. The third-order valence-corrected chi connectivity index (χ3v) is 4.46. The summed E-state index contributed by atoms with van der Waals surface area (Å²) in [5, 5.41) is 2.83. The van der Waals surface area contributed by atoms with Crippen LogP contribution in [0.4, 0.5) is 10.1 Å². The molecule has 8 heteroatoms. The number of carbonyl (C=O) groups is 1. The van der Waals surface area contributed by atoms with E-state index in [0.29, 0.717) is 23.3 Å². The van der Waals surface area contributed by atoms with E-state index in [-0.39, 0.29) is 18.3 Å². The molecule has 3 aromatic rings.